The van der Waals surface area contributed by atoms with Crippen molar-refractivity contribution in [1.29, 1.82) is 0 Å². The van der Waals surface area contributed by atoms with E-state index >= 15 is 0 Å². The maximum Gasteiger partial charge on any atom is 0.309 e. The van der Waals surface area contributed by atoms with Gasteiger partial charge in [0.2, 0.25) is 0 Å². The molecule has 16 heavy (non-hydrogen) atoms. The highest BCUT2D eigenvalue weighted by molar-refractivity contribution is 8.13. The van der Waals surface area contributed by atoms with Gasteiger partial charge >= 0.3 is 6.41 Å². The van der Waals surface area contributed by atoms with Gasteiger partial charge in [-0.2, -0.15) is 0 Å². The summed E-state index contributed by atoms with van der Waals surface area (Å²) in [5.41, 5.74) is 1.14. The first-order valence-electron chi connectivity index (χ1n) is 5.02. The van der Waals surface area contributed by atoms with Crippen LogP contribution in [0, 0.1) is 0 Å². The topological polar surface area (TPSA) is 46.2 Å². The molecule has 1 radical (unpaired) electrons. The molecule has 0 aliphatic carbocycles. The summed E-state index contributed by atoms with van der Waals surface area (Å²) in [7, 11) is 0. The van der Waals surface area contributed by atoms with E-state index < -0.39 is 0 Å². The van der Waals surface area contributed by atoms with Crippen LogP contribution in [-0.2, 0) is 16.0 Å². The summed E-state index contributed by atoms with van der Waals surface area (Å²) in [6, 6.07) is 9.80. The van der Waals surface area contributed by atoms with Crippen molar-refractivity contribution in [2.24, 2.45) is 0 Å². The second kappa shape index (κ2) is 7.06. The van der Waals surface area contributed by atoms with Gasteiger partial charge in [0.05, 0.1) is 0 Å². The number of carbonyl (C=O) groups excluding carboxylic acids is 2. The Bertz CT molecular complexity index is 340. The van der Waals surface area contributed by atoms with Gasteiger partial charge in [-0.15, -0.1) is 0 Å². The number of nitrogens with one attached hydrogen (secondary N) is 1. The van der Waals surface area contributed by atoms with Crippen molar-refractivity contribution in [3.63, 3.8) is 0 Å². The molecule has 0 aliphatic rings. The molecule has 0 saturated carbocycles. The van der Waals surface area contributed by atoms with E-state index in [9.17, 15) is 9.59 Å². The highest BCUT2D eigenvalue weighted by Gasteiger charge is 2.10. The van der Waals surface area contributed by atoms with Gasteiger partial charge in [0, 0.05) is 18.7 Å². The number of benzene rings is 1. The minimum Gasteiger partial charge on any atom is -0.344 e. The van der Waals surface area contributed by atoms with Crippen LogP contribution in [0.5, 0.6) is 0 Å². The molecule has 0 bridgehead atoms. The third-order valence-electron chi connectivity index (χ3n) is 2.08. The van der Waals surface area contributed by atoms with E-state index in [0.29, 0.717) is 5.75 Å². The van der Waals surface area contributed by atoms with Gasteiger partial charge in [-0.3, -0.25) is 9.59 Å². The van der Waals surface area contributed by atoms with E-state index in [1.165, 1.54) is 18.7 Å². The molecule has 1 unspecified atom stereocenters. The Morgan fingerprint density at radius 3 is 2.69 bits per heavy atom. The lowest BCUT2D eigenvalue weighted by molar-refractivity contribution is -0.109. The molecule has 0 fully saturated rings. The highest BCUT2D eigenvalue weighted by Crippen LogP contribution is 2.09. The van der Waals surface area contributed by atoms with E-state index in [1.807, 2.05) is 30.3 Å². The van der Waals surface area contributed by atoms with Crippen molar-refractivity contribution >= 4 is 23.3 Å². The van der Waals surface area contributed by atoms with Crippen LogP contribution in [0.4, 0.5) is 0 Å². The molecule has 85 valence electrons. The zero-order chi connectivity index (χ0) is 11.8. The molecular weight excluding hydrogens is 222 g/mol. The van der Waals surface area contributed by atoms with Crippen LogP contribution in [0.1, 0.15) is 12.5 Å². The molecule has 4 heteroatoms. The number of rotatable bonds is 6. The lowest BCUT2D eigenvalue weighted by Gasteiger charge is -2.14. The van der Waals surface area contributed by atoms with E-state index in [0.717, 1.165) is 12.0 Å². The standard InChI is InChI=1S/C12H14NO2S/c1-10(15)16-8-12(13-9-14)7-11-5-3-2-4-6-11/h2-6,12H,7-8H2,1H3,(H,13,14). The molecule has 1 rings (SSSR count). The van der Waals surface area contributed by atoms with Gasteiger partial charge in [0.15, 0.2) is 5.12 Å². The number of carbonyl (C=O) groups is 1. The van der Waals surface area contributed by atoms with E-state index in [4.69, 9.17) is 0 Å². The summed E-state index contributed by atoms with van der Waals surface area (Å²) in [6.07, 6.45) is 2.41. The number of thioether (sulfide) groups is 1. The summed E-state index contributed by atoms with van der Waals surface area (Å²) in [4.78, 5) is 21.2. The van der Waals surface area contributed by atoms with Crippen molar-refractivity contribution in [1.82, 2.24) is 5.32 Å². The van der Waals surface area contributed by atoms with Crippen LogP contribution in [0.2, 0.25) is 0 Å². The van der Waals surface area contributed by atoms with Crippen molar-refractivity contribution in [2.45, 2.75) is 19.4 Å². The maximum absolute atomic E-state index is 10.8. The average molecular weight is 236 g/mol. The van der Waals surface area contributed by atoms with Gasteiger partial charge in [0.1, 0.15) is 0 Å². The first kappa shape index (κ1) is 12.8. The highest BCUT2D eigenvalue weighted by atomic mass is 32.2. The molecule has 0 heterocycles. The van der Waals surface area contributed by atoms with Gasteiger partial charge in [-0.05, 0) is 12.0 Å². The van der Waals surface area contributed by atoms with Crippen molar-refractivity contribution in [2.75, 3.05) is 5.75 Å². The lowest BCUT2D eigenvalue weighted by Crippen LogP contribution is -2.32. The number of hydrogen-bond donors (Lipinski definition) is 1. The van der Waals surface area contributed by atoms with Gasteiger partial charge in [-0.25, -0.2) is 0 Å². The Morgan fingerprint density at radius 1 is 1.44 bits per heavy atom. The van der Waals surface area contributed by atoms with Gasteiger partial charge in [0.25, 0.3) is 0 Å². The Balaban J connectivity index is 2.50. The van der Waals surface area contributed by atoms with Crippen LogP contribution in [0.25, 0.3) is 0 Å². The van der Waals surface area contributed by atoms with E-state index in [1.54, 1.807) is 6.41 Å². The lowest BCUT2D eigenvalue weighted by atomic mass is 10.1. The van der Waals surface area contributed by atoms with E-state index in [2.05, 4.69) is 5.32 Å². The minimum absolute atomic E-state index is 0.0474. The van der Waals surface area contributed by atoms with Crippen LogP contribution >= 0.6 is 11.8 Å². The summed E-state index contributed by atoms with van der Waals surface area (Å²) in [5.74, 6) is 0.583. The molecule has 1 N–H and O–H groups in total. The summed E-state index contributed by atoms with van der Waals surface area (Å²) >= 11 is 1.22. The van der Waals surface area contributed by atoms with Gasteiger partial charge in [-0.1, -0.05) is 42.1 Å². The summed E-state index contributed by atoms with van der Waals surface area (Å²) < 4.78 is 0. The zero-order valence-corrected chi connectivity index (χ0v) is 9.92. The number of hydrogen-bond acceptors (Lipinski definition) is 3. The van der Waals surface area contributed by atoms with Gasteiger partial charge < -0.3 is 5.32 Å². The predicted octanol–water partition coefficient (Wildman–Crippen LogP) is 1.53. The van der Waals surface area contributed by atoms with E-state index in [-0.39, 0.29) is 11.2 Å². The van der Waals surface area contributed by atoms with Crippen LogP contribution < -0.4 is 5.32 Å². The second-order valence-electron chi connectivity index (χ2n) is 3.44. The summed E-state index contributed by atoms with van der Waals surface area (Å²) in [6.45, 7) is 1.52. The quantitative estimate of drug-likeness (QED) is 0.762. The Labute approximate surface area is 99.6 Å². The average Bonchev–Trinajstić information content (AvgIpc) is 2.27. The monoisotopic (exact) mass is 236 g/mol. The molecule has 0 spiro atoms. The van der Waals surface area contributed by atoms with Crippen LogP contribution in [0.15, 0.2) is 30.3 Å². The SMILES string of the molecule is CC(=O)SCC(Cc1ccccc1)N[C]=O. The van der Waals surface area contributed by atoms with Crippen molar-refractivity contribution in [3.05, 3.63) is 35.9 Å². The Morgan fingerprint density at radius 2 is 2.12 bits per heavy atom. The maximum atomic E-state index is 10.8. The minimum atomic E-state index is -0.0474. The van der Waals surface area contributed by atoms with Crippen molar-refractivity contribution in [3.8, 4) is 0 Å². The normalized spacial score (nSPS) is 11.8. The Hall–Kier alpha value is -1.29. The third kappa shape index (κ3) is 4.98. The largest absolute Gasteiger partial charge is 0.344 e. The zero-order valence-electron chi connectivity index (χ0n) is 9.10. The molecule has 1 aromatic carbocycles. The van der Waals surface area contributed by atoms with Crippen LogP contribution in [-0.4, -0.2) is 23.3 Å². The molecule has 0 saturated heterocycles. The molecule has 1 aromatic rings. The number of amides is 1. The third-order valence-corrected chi connectivity index (χ3v) is 3.05. The fourth-order valence-electron chi connectivity index (χ4n) is 1.35. The molecular formula is C12H14NO2S. The van der Waals surface area contributed by atoms with Crippen LogP contribution in [0.3, 0.4) is 0 Å². The molecule has 1 atom stereocenters. The molecule has 1 amide bonds. The molecule has 0 aromatic heterocycles. The fraction of sp³-hybridized carbons (Fsp3) is 0.333. The Kier molecular flexibility index (Phi) is 5.64. The molecule has 3 nitrogen and oxygen atoms in total. The second-order valence-corrected chi connectivity index (χ2v) is 4.63. The first-order chi connectivity index (χ1) is 7.72. The fourth-order valence-corrected chi connectivity index (χ4v) is 1.99. The predicted molar refractivity (Wildman–Crippen MR) is 65.9 cm³/mol. The van der Waals surface area contributed by atoms with Crippen molar-refractivity contribution < 1.29 is 9.59 Å². The summed E-state index contributed by atoms with van der Waals surface area (Å²) in [5, 5.41) is 2.67. The first-order valence-corrected chi connectivity index (χ1v) is 6.01. The smallest absolute Gasteiger partial charge is 0.309 e. The molecule has 0 aliphatic heterocycles.